The van der Waals surface area contributed by atoms with Gasteiger partial charge in [-0.2, -0.15) is 0 Å². The number of nitrogens with one attached hydrogen (secondary N) is 2. The lowest BCUT2D eigenvalue weighted by molar-refractivity contribution is -0.119. The zero-order chi connectivity index (χ0) is 18.2. The second-order valence-corrected chi connectivity index (χ2v) is 7.01. The summed E-state index contributed by atoms with van der Waals surface area (Å²) in [4.78, 5) is 28.2. The molecule has 1 fully saturated rings. The van der Waals surface area contributed by atoms with Crippen molar-refractivity contribution in [3.8, 4) is 0 Å². The largest absolute Gasteiger partial charge is 0.359 e. The third kappa shape index (κ3) is 6.38. The molecular weight excluding hydrogens is 316 g/mol. The summed E-state index contributed by atoms with van der Waals surface area (Å²) in [5, 5.41) is 5.56. The molecule has 0 radical (unpaired) electrons. The van der Waals surface area contributed by atoms with E-state index in [0.717, 1.165) is 50.4 Å². The fourth-order valence-corrected chi connectivity index (χ4v) is 3.06. The van der Waals surface area contributed by atoms with E-state index in [1.54, 1.807) is 7.05 Å². The molecule has 6 heteroatoms. The number of nitrogens with zero attached hydrogens (tertiary/aromatic N) is 2. The molecule has 2 N–H and O–H groups in total. The van der Waals surface area contributed by atoms with Gasteiger partial charge >= 0.3 is 6.03 Å². The number of hydrogen-bond donors (Lipinski definition) is 2. The number of anilines is 1. The Morgan fingerprint density at radius 2 is 1.80 bits per heavy atom. The molecule has 0 atom stereocenters. The monoisotopic (exact) mass is 346 g/mol. The average molecular weight is 346 g/mol. The first-order chi connectivity index (χ1) is 12.0. The van der Waals surface area contributed by atoms with E-state index in [2.05, 4.69) is 29.4 Å². The SMILES string of the molecule is CNC(=O)Cc1ccc(NC(=O)N2CCCN(CC(C)C)CC2)cc1. The molecule has 0 spiro atoms. The fraction of sp³-hybridized carbons (Fsp3) is 0.579. The van der Waals surface area contributed by atoms with Gasteiger partial charge in [0.2, 0.25) is 5.91 Å². The summed E-state index contributed by atoms with van der Waals surface area (Å²) >= 11 is 0. The highest BCUT2D eigenvalue weighted by Gasteiger charge is 2.19. The Labute approximate surface area is 150 Å². The van der Waals surface area contributed by atoms with Crippen LogP contribution in [-0.2, 0) is 11.2 Å². The van der Waals surface area contributed by atoms with Crippen LogP contribution in [0.4, 0.5) is 10.5 Å². The second-order valence-electron chi connectivity index (χ2n) is 7.01. The highest BCUT2D eigenvalue weighted by atomic mass is 16.2. The van der Waals surface area contributed by atoms with Crippen LogP contribution in [0.1, 0.15) is 25.8 Å². The predicted molar refractivity (Wildman–Crippen MR) is 101 cm³/mol. The molecule has 6 nitrogen and oxygen atoms in total. The minimum atomic E-state index is -0.0505. The van der Waals surface area contributed by atoms with Crippen molar-refractivity contribution < 1.29 is 9.59 Å². The van der Waals surface area contributed by atoms with Crippen LogP contribution in [0.3, 0.4) is 0 Å². The van der Waals surface area contributed by atoms with Crippen molar-refractivity contribution in [2.75, 3.05) is 45.1 Å². The van der Waals surface area contributed by atoms with E-state index >= 15 is 0 Å². The van der Waals surface area contributed by atoms with Gasteiger partial charge in [0.1, 0.15) is 0 Å². The van der Waals surface area contributed by atoms with Crippen molar-refractivity contribution in [1.29, 1.82) is 0 Å². The van der Waals surface area contributed by atoms with Crippen molar-refractivity contribution in [3.05, 3.63) is 29.8 Å². The number of hydrogen-bond acceptors (Lipinski definition) is 3. The van der Waals surface area contributed by atoms with E-state index in [9.17, 15) is 9.59 Å². The van der Waals surface area contributed by atoms with E-state index in [4.69, 9.17) is 0 Å². The maximum Gasteiger partial charge on any atom is 0.321 e. The van der Waals surface area contributed by atoms with Crippen molar-refractivity contribution in [2.24, 2.45) is 5.92 Å². The van der Waals surface area contributed by atoms with Crippen molar-refractivity contribution in [1.82, 2.24) is 15.1 Å². The first kappa shape index (κ1) is 19.2. The summed E-state index contributed by atoms with van der Waals surface area (Å²) in [5.74, 6) is 0.626. The molecule has 1 aliphatic rings. The van der Waals surface area contributed by atoms with Gasteiger partial charge in [-0.25, -0.2) is 4.79 Å². The van der Waals surface area contributed by atoms with E-state index in [-0.39, 0.29) is 11.9 Å². The lowest BCUT2D eigenvalue weighted by atomic mass is 10.1. The van der Waals surface area contributed by atoms with Crippen LogP contribution in [0.5, 0.6) is 0 Å². The second kappa shape index (κ2) is 9.42. The standard InChI is InChI=1S/C19H30N4O2/c1-15(2)14-22-9-4-10-23(12-11-22)19(25)21-17-7-5-16(6-8-17)13-18(24)20-3/h5-8,15H,4,9-14H2,1-3H3,(H,20,24)(H,21,25). The van der Waals surface area contributed by atoms with Gasteiger partial charge in [0, 0.05) is 38.9 Å². The highest BCUT2D eigenvalue weighted by Crippen LogP contribution is 2.12. The molecule has 0 unspecified atom stereocenters. The Balaban J connectivity index is 1.85. The maximum absolute atomic E-state index is 12.5. The van der Waals surface area contributed by atoms with Crippen LogP contribution in [0.2, 0.25) is 0 Å². The van der Waals surface area contributed by atoms with Crippen molar-refractivity contribution >= 4 is 17.6 Å². The van der Waals surface area contributed by atoms with Crippen LogP contribution in [0, 0.1) is 5.92 Å². The number of amides is 3. The van der Waals surface area contributed by atoms with Gasteiger partial charge in [-0.05, 0) is 36.6 Å². The smallest absolute Gasteiger partial charge is 0.321 e. The molecule has 0 bridgehead atoms. The van der Waals surface area contributed by atoms with E-state index in [0.29, 0.717) is 12.3 Å². The Morgan fingerprint density at radius 1 is 1.08 bits per heavy atom. The number of carbonyl (C=O) groups is 2. The van der Waals surface area contributed by atoms with Gasteiger partial charge in [0.15, 0.2) is 0 Å². The van der Waals surface area contributed by atoms with Crippen LogP contribution >= 0.6 is 0 Å². The molecular formula is C19H30N4O2. The van der Waals surface area contributed by atoms with Gasteiger partial charge in [-0.15, -0.1) is 0 Å². The Kier molecular flexibility index (Phi) is 7.25. The average Bonchev–Trinajstić information content (AvgIpc) is 2.81. The number of carbonyl (C=O) groups excluding carboxylic acids is 2. The fourth-order valence-electron chi connectivity index (χ4n) is 3.06. The molecule has 1 aromatic rings. The molecule has 138 valence electrons. The molecule has 1 saturated heterocycles. The molecule has 0 aliphatic carbocycles. The molecule has 25 heavy (non-hydrogen) atoms. The first-order valence-corrected chi connectivity index (χ1v) is 9.05. The minimum Gasteiger partial charge on any atom is -0.359 e. The highest BCUT2D eigenvalue weighted by molar-refractivity contribution is 5.89. The summed E-state index contributed by atoms with van der Waals surface area (Å²) in [6.45, 7) is 9.06. The van der Waals surface area contributed by atoms with Crippen molar-refractivity contribution in [2.45, 2.75) is 26.7 Å². The number of urea groups is 1. The number of benzene rings is 1. The molecule has 3 amide bonds. The summed E-state index contributed by atoms with van der Waals surface area (Å²) in [7, 11) is 1.63. The summed E-state index contributed by atoms with van der Waals surface area (Å²) < 4.78 is 0. The van der Waals surface area contributed by atoms with Gasteiger partial charge in [0.25, 0.3) is 0 Å². The molecule has 0 saturated carbocycles. The van der Waals surface area contributed by atoms with Gasteiger partial charge < -0.3 is 20.4 Å². The summed E-state index contributed by atoms with van der Waals surface area (Å²) in [5.41, 5.74) is 1.69. The Hall–Kier alpha value is -2.08. The number of rotatable bonds is 5. The van der Waals surface area contributed by atoms with Gasteiger partial charge in [0.05, 0.1) is 6.42 Å². The Morgan fingerprint density at radius 3 is 2.44 bits per heavy atom. The van der Waals surface area contributed by atoms with Crippen LogP contribution in [-0.4, -0.2) is 61.5 Å². The minimum absolute atomic E-state index is 0.0210. The topological polar surface area (TPSA) is 64.7 Å². The summed E-state index contributed by atoms with van der Waals surface area (Å²) in [6.07, 6.45) is 1.35. The Bertz CT molecular complexity index is 571. The lowest BCUT2D eigenvalue weighted by Crippen LogP contribution is -2.38. The van der Waals surface area contributed by atoms with Crippen molar-refractivity contribution in [3.63, 3.8) is 0 Å². The maximum atomic E-state index is 12.5. The molecule has 0 aromatic heterocycles. The molecule has 2 rings (SSSR count). The van der Waals surface area contributed by atoms with E-state index in [1.165, 1.54) is 0 Å². The van der Waals surface area contributed by atoms with E-state index in [1.807, 2.05) is 29.2 Å². The third-order valence-electron chi connectivity index (χ3n) is 4.35. The quantitative estimate of drug-likeness (QED) is 0.859. The normalized spacial score (nSPS) is 15.8. The van der Waals surface area contributed by atoms with Crippen LogP contribution < -0.4 is 10.6 Å². The molecule has 1 aliphatic heterocycles. The van der Waals surface area contributed by atoms with Crippen LogP contribution in [0.15, 0.2) is 24.3 Å². The zero-order valence-corrected chi connectivity index (χ0v) is 15.5. The van der Waals surface area contributed by atoms with Crippen LogP contribution in [0.25, 0.3) is 0 Å². The van der Waals surface area contributed by atoms with E-state index < -0.39 is 0 Å². The summed E-state index contributed by atoms with van der Waals surface area (Å²) in [6, 6.07) is 7.39. The molecule has 1 heterocycles. The third-order valence-corrected chi connectivity index (χ3v) is 4.35. The molecule has 1 aromatic carbocycles. The predicted octanol–water partition coefficient (Wildman–Crippen LogP) is 2.17. The van der Waals surface area contributed by atoms with Gasteiger partial charge in [-0.3, -0.25) is 4.79 Å². The first-order valence-electron chi connectivity index (χ1n) is 9.05. The van der Waals surface area contributed by atoms with Gasteiger partial charge in [-0.1, -0.05) is 26.0 Å². The zero-order valence-electron chi connectivity index (χ0n) is 15.5. The lowest BCUT2D eigenvalue weighted by Gasteiger charge is -2.23. The number of likely N-dealkylation sites (N-methyl/N-ethyl adjacent to an activating group) is 1.